The maximum absolute atomic E-state index is 12.1. The van der Waals surface area contributed by atoms with E-state index in [1.165, 1.54) is 12.1 Å². The Hall–Kier alpha value is -3.38. The first-order valence-electron chi connectivity index (χ1n) is 8.49. The molecular formula is C21H18ClN3O3. The van der Waals surface area contributed by atoms with Gasteiger partial charge in [-0.1, -0.05) is 29.8 Å². The molecule has 142 valence electrons. The van der Waals surface area contributed by atoms with E-state index in [2.05, 4.69) is 10.5 Å². The van der Waals surface area contributed by atoms with Gasteiger partial charge in [-0.2, -0.15) is 5.10 Å². The number of aromatic nitrogens is 1. The predicted octanol–water partition coefficient (Wildman–Crippen LogP) is 4.21. The summed E-state index contributed by atoms with van der Waals surface area (Å²) in [6.07, 6.45) is 1.55. The summed E-state index contributed by atoms with van der Waals surface area (Å²) < 4.78 is 1.86. The first-order chi connectivity index (χ1) is 13.4. The number of carbonyl (C=O) groups is 2. The van der Waals surface area contributed by atoms with E-state index in [0.29, 0.717) is 16.3 Å². The number of hydrogen-bond donors (Lipinski definition) is 2. The van der Waals surface area contributed by atoms with Crippen molar-refractivity contribution in [1.82, 2.24) is 9.99 Å². The minimum atomic E-state index is -1.02. The third-order valence-electron chi connectivity index (χ3n) is 4.31. The average molecular weight is 396 g/mol. The first kappa shape index (κ1) is 19.4. The van der Waals surface area contributed by atoms with Crippen LogP contribution < -0.4 is 5.43 Å². The molecule has 1 aromatic heterocycles. The van der Waals surface area contributed by atoms with Gasteiger partial charge in [0.25, 0.3) is 5.91 Å². The van der Waals surface area contributed by atoms with Gasteiger partial charge >= 0.3 is 5.97 Å². The maximum atomic E-state index is 12.1. The van der Waals surface area contributed by atoms with Crippen LogP contribution in [0.5, 0.6) is 0 Å². The van der Waals surface area contributed by atoms with Gasteiger partial charge in [-0.25, -0.2) is 10.2 Å². The summed E-state index contributed by atoms with van der Waals surface area (Å²) in [7, 11) is 0. The Morgan fingerprint density at radius 3 is 2.46 bits per heavy atom. The smallest absolute Gasteiger partial charge is 0.335 e. The Labute approximate surface area is 167 Å². The molecule has 7 heteroatoms. The highest BCUT2D eigenvalue weighted by molar-refractivity contribution is 6.32. The molecule has 0 saturated carbocycles. The van der Waals surface area contributed by atoms with Gasteiger partial charge in [0.1, 0.15) is 0 Å². The maximum Gasteiger partial charge on any atom is 0.335 e. The Morgan fingerprint density at radius 1 is 1.07 bits per heavy atom. The predicted molar refractivity (Wildman–Crippen MR) is 109 cm³/mol. The minimum absolute atomic E-state index is 0.150. The number of hydrogen-bond acceptors (Lipinski definition) is 3. The lowest BCUT2D eigenvalue weighted by molar-refractivity contribution is 0.0696. The standard InChI is InChI=1S/C21H18ClN3O3/c1-13-10-17(12-23-24-20(26)15-6-4-3-5-7-15)14(2)25(13)19-11-16(21(27)28)8-9-18(19)22/h3-12H,1-2H3,(H,24,26)(H,27,28)/b23-12+. The van der Waals surface area contributed by atoms with Crippen LogP contribution in [0, 0.1) is 13.8 Å². The SMILES string of the molecule is Cc1cc(/C=N/NC(=O)c2ccccc2)c(C)n1-c1cc(C(=O)O)ccc1Cl. The second-order valence-corrected chi connectivity index (χ2v) is 6.61. The monoisotopic (exact) mass is 395 g/mol. The molecule has 0 bridgehead atoms. The van der Waals surface area contributed by atoms with Gasteiger partial charge < -0.3 is 9.67 Å². The highest BCUT2D eigenvalue weighted by atomic mass is 35.5. The number of carbonyl (C=O) groups excluding carboxylic acids is 1. The normalized spacial score (nSPS) is 11.0. The van der Waals surface area contributed by atoms with Crippen LogP contribution >= 0.6 is 11.6 Å². The number of aromatic carboxylic acids is 1. The highest BCUT2D eigenvalue weighted by Gasteiger charge is 2.14. The fourth-order valence-electron chi connectivity index (χ4n) is 2.92. The van der Waals surface area contributed by atoms with Crippen molar-refractivity contribution in [1.29, 1.82) is 0 Å². The van der Waals surface area contributed by atoms with Crippen LogP contribution in [0.2, 0.25) is 5.02 Å². The van der Waals surface area contributed by atoms with Crippen LogP contribution in [0.1, 0.15) is 37.7 Å². The zero-order chi connectivity index (χ0) is 20.3. The molecule has 1 heterocycles. The van der Waals surface area contributed by atoms with Crippen molar-refractivity contribution in [2.75, 3.05) is 0 Å². The summed E-state index contributed by atoms with van der Waals surface area (Å²) in [6, 6.07) is 15.2. The summed E-state index contributed by atoms with van der Waals surface area (Å²) in [6.45, 7) is 3.76. The number of nitrogens with zero attached hydrogens (tertiary/aromatic N) is 2. The molecule has 0 fully saturated rings. The third kappa shape index (κ3) is 3.97. The first-order valence-corrected chi connectivity index (χ1v) is 8.87. The Kier molecular flexibility index (Phi) is 5.61. The second-order valence-electron chi connectivity index (χ2n) is 6.20. The largest absolute Gasteiger partial charge is 0.478 e. The highest BCUT2D eigenvalue weighted by Crippen LogP contribution is 2.27. The summed E-state index contributed by atoms with van der Waals surface area (Å²) in [5, 5.41) is 13.7. The topological polar surface area (TPSA) is 83.7 Å². The van der Waals surface area contributed by atoms with Crippen molar-refractivity contribution in [3.8, 4) is 5.69 Å². The molecule has 3 aromatic rings. The minimum Gasteiger partial charge on any atom is -0.478 e. The summed E-state index contributed by atoms with van der Waals surface area (Å²) in [5.74, 6) is -1.33. The molecule has 2 aromatic carbocycles. The van der Waals surface area contributed by atoms with Gasteiger partial charge in [-0.05, 0) is 50.2 Å². The average Bonchev–Trinajstić information content (AvgIpc) is 2.96. The van der Waals surface area contributed by atoms with Crippen LogP contribution in [0.25, 0.3) is 5.69 Å². The van der Waals surface area contributed by atoms with E-state index < -0.39 is 5.97 Å². The quantitative estimate of drug-likeness (QED) is 0.501. The molecule has 0 aliphatic rings. The Morgan fingerprint density at radius 2 is 1.79 bits per heavy atom. The van der Waals surface area contributed by atoms with E-state index in [1.807, 2.05) is 30.5 Å². The molecule has 0 aliphatic heterocycles. The number of halogens is 1. The molecule has 0 unspecified atom stereocenters. The molecule has 2 N–H and O–H groups in total. The van der Waals surface area contributed by atoms with Crippen molar-refractivity contribution in [2.45, 2.75) is 13.8 Å². The van der Waals surface area contributed by atoms with E-state index in [0.717, 1.165) is 17.0 Å². The summed E-state index contributed by atoms with van der Waals surface area (Å²) >= 11 is 6.30. The van der Waals surface area contributed by atoms with Crippen molar-refractivity contribution < 1.29 is 14.7 Å². The summed E-state index contributed by atoms with van der Waals surface area (Å²) in [4.78, 5) is 23.3. The number of amides is 1. The van der Waals surface area contributed by atoms with Crippen LogP contribution in [-0.2, 0) is 0 Å². The van der Waals surface area contributed by atoms with Gasteiger partial charge in [0, 0.05) is 22.5 Å². The van der Waals surface area contributed by atoms with Gasteiger partial charge in [-0.15, -0.1) is 0 Å². The number of nitrogens with one attached hydrogen (secondary N) is 1. The van der Waals surface area contributed by atoms with Crippen molar-refractivity contribution >= 4 is 29.7 Å². The van der Waals surface area contributed by atoms with Crippen LogP contribution in [0.15, 0.2) is 59.7 Å². The number of carboxylic acid groups (broad SMARTS) is 1. The molecular weight excluding hydrogens is 378 g/mol. The molecule has 0 aliphatic carbocycles. The number of hydrazone groups is 1. The van der Waals surface area contributed by atoms with E-state index in [4.69, 9.17) is 11.6 Å². The molecule has 6 nitrogen and oxygen atoms in total. The lowest BCUT2D eigenvalue weighted by Gasteiger charge is -2.12. The van der Waals surface area contributed by atoms with Gasteiger partial charge in [0.05, 0.1) is 22.5 Å². The lowest BCUT2D eigenvalue weighted by atomic mass is 10.2. The number of benzene rings is 2. The Balaban J connectivity index is 1.88. The van der Waals surface area contributed by atoms with Gasteiger partial charge in [0.15, 0.2) is 0 Å². The lowest BCUT2D eigenvalue weighted by Crippen LogP contribution is -2.17. The van der Waals surface area contributed by atoms with E-state index in [1.54, 1.807) is 36.5 Å². The molecule has 28 heavy (non-hydrogen) atoms. The van der Waals surface area contributed by atoms with E-state index in [-0.39, 0.29) is 11.5 Å². The zero-order valence-corrected chi connectivity index (χ0v) is 16.1. The van der Waals surface area contributed by atoms with Crippen molar-refractivity contribution in [2.24, 2.45) is 5.10 Å². The fourth-order valence-corrected chi connectivity index (χ4v) is 3.12. The van der Waals surface area contributed by atoms with E-state index in [9.17, 15) is 14.7 Å². The molecule has 0 radical (unpaired) electrons. The third-order valence-corrected chi connectivity index (χ3v) is 4.63. The van der Waals surface area contributed by atoms with Crippen LogP contribution in [-0.4, -0.2) is 27.8 Å². The molecule has 1 amide bonds. The number of rotatable bonds is 5. The molecule has 3 rings (SSSR count). The summed E-state index contributed by atoms with van der Waals surface area (Å²) in [5.41, 5.74) is 6.19. The van der Waals surface area contributed by atoms with Crippen LogP contribution in [0.4, 0.5) is 0 Å². The Bertz CT molecular complexity index is 1070. The second kappa shape index (κ2) is 8.10. The van der Waals surface area contributed by atoms with Crippen LogP contribution in [0.3, 0.4) is 0 Å². The zero-order valence-electron chi connectivity index (χ0n) is 15.3. The van der Waals surface area contributed by atoms with Crippen molar-refractivity contribution in [3.63, 3.8) is 0 Å². The van der Waals surface area contributed by atoms with Gasteiger partial charge in [-0.3, -0.25) is 4.79 Å². The van der Waals surface area contributed by atoms with Gasteiger partial charge in [0.2, 0.25) is 0 Å². The fraction of sp³-hybridized carbons (Fsp3) is 0.0952. The molecule has 0 spiro atoms. The van der Waals surface area contributed by atoms with Crippen molar-refractivity contribution in [3.05, 3.63) is 87.7 Å². The molecule has 0 saturated heterocycles. The number of aryl methyl sites for hydroxylation is 1. The molecule has 0 atom stereocenters. The number of carboxylic acids is 1. The van der Waals surface area contributed by atoms with E-state index >= 15 is 0 Å².